The van der Waals surface area contributed by atoms with Gasteiger partial charge in [0, 0.05) is 11.1 Å². The lowest BCUT2D eigenvalue weighted by molar-refractivity contribution is 0.402. The van der Waals surface area contributed by atoms with Gasteiger partial charge in [0.05, 0.1) is 14.2 Å². The van der Waals surface area contributed by atoms with Gasteiger partial charge in [0.15, 0.2) is 0 Å². The quantitative estimate of drug-likeness (QED) is 0.874. The minimum Gasteiger partial charge on any atom is -0.497 e. The van der Waals surface area contributed by atoms with Crippen LogP contribution in [0, 0.1) is 0 Å². The molecule has 1 aromatic heterocycles. The minimum absolute atomic E-state index is 0.542. The first-order chi connectivity index (χ1) is 8.80. The Morgan fingerprint density at radius 2 is 2.11 bits per heavy atom. The summed E-state index contributed by atoms with van der Waals surface area (Å²) < 4.78 is 15.6. The fourth-order valence-corrected chi connectivity index (χ4v) is 1.81. The average Bonchev–Trinajstić information content (AvgIpc) is 2.86. The molecule has 1 heterocycles. The van der Waals surface area contributed by atoms with E-state index in [1.807, 2.05) is 18.2 Å². The van der Waals surface area contributed by atoms with E-state index in [1.165, 1.54) is 0 Å². The maximum absolute atomic E-state index is 5.57. The zero-order chi connectivity index (χ0) is 13.0. The average molecular weight is 248 g/mol. The van der Waals surface area contributed by atoms with Crippen molar-refractivity contribution in [1.29, 1.82) is 0 Å². The first-order valence-corrected chi connectivity index (χ1v) is 5.66. The molecule has 96 valence electrons. The highest BCUT2D eigenvalue weighted by Gasteiger charge is 2.15. The first kappa shape index (κ1) is 12.4. The summed E-state index contributed by atoms with van der Waals surface area (Å²) in [6.07, 6.45) is 2.32. The summed E-state index contributed by atoms with van der Waals surface area (Å²) in [6, 6.07) is 5.55. The van der Waals surface area contributed by atoms with E-state index < -0.39 is 0 Å². The van der Waals surface area contributed by atoms with Gasteiger partial charge in [-0.3, -0.25) is 0 Å². The van der Waals surface area contributed by atoms with Crippen LogP contribution < -0.4 is 15.2 Å². The van der Waals surface area contributed by atoms with Crippen molar-refractivity contribution in [2.75, 3.05) is 20.8 Å². The predicted octanol–water partition coefficient (Wildman–Crippen LogP) is 1.86. The number of nitrogens with two attached hydrogens (primary N) is 1. The lowest BCUT2D eigenvalue weighted by atomic mass is 10.0. The van der Waals surface area contributed by atoms with Crippen molar-refractivity contribution < 1.29 is 14.0 Å². The van der Waals surface area contributed by atoms with Gasteiger partial charge in [0.2, 0.25) is 0 Å². The molecular formula is C13H16N2O3. The van der Waals surface area contributed by atoms with Crippen molar-refractivity contribution in [3.8, 4) is 22.8 Å². The van der Waals surface area contributed by atoms with Crippen LogP contribution in [0.2, 0.25) is 0 Å². The van der Waals surface area contributed by atoms with E-state index in [9.17, 15) is 0 Å². The monoisotopic (exact) mass is 248 g/mol. The molecule has 2 aromatic rings. The lowest BCUT2D eigenvalue weighted by Gasteiger charge is -2.09. The molecule has 18 heavy (non-hydrogen) atoms. The molecule has 5 heteroatoms. The molecular weight excluding hydrogens is 232 g/mol. The van der Waals surface area contributed by atoms with Crippen LogP contribution in [0.5, 0.6) is 11.5 Å². The fraction of sp³-hybridized carbons (Fsp3) is 0.308. The largest absolute Gasteiger partial charge is 0.497 e. The molecule has 0 unspecified atom stereocenters. The minimum atomic E-state index is 0.542. The summed E-state index contributed by atoms with van der Waals surface area (Å²) in [4.78, 5) is 0. The third kappa shape index (κ3) is 2.31. The van der Waals surface area contributed by atoms with Crippen LogP contribution in [0.25, 0.3) is 11.3 Å². The van der Waals surface area contributed by atoms with Gasteiger partial charge in [-0.05, 0) is 31.2 Å². The topological polar surface area (TPSA) is 70.5 Å². The Labute approximate surface area is 105 Å². The van der Waals surface area contributed by atoms with Crippen LogP contribution in [-0.2, 0) is 6.42 Å². The van der Waals surface area contributed by atoms with Crippen molar-refractivity contribution in [2.45, 2.75) is 6.42 Å². The number of benzene rings is 1. The highest BCUT2D eigenvalue weighted by molar-refractivity contribution is 5.71. The molecule has 2 N–H and O–H groups in total. The molecule has 5 nitrogen and oxygen atoms in total. The summed E-state index contributed by atoms with van der Waals surface area (Å²) in [7, 11) is 3.24. The van der Waals surface area contributed by atoms with Gasteiger partial charge in [0.1, 0.15) is 23.5 Å². The smallest absolute Gasteiger partial charge is 0.128 e. The zero-order valence-corrected chi connectivity index (χ0v) is 10.5. The maximum Gasteiger partial charge on any atom is 0.128 e. The summed E-state index contributed by atoms with van der Waals surface area (Å²) in [6.45, 7) is 0.542. The van der Waals surface area contributed by atoms with E-state index in [2.05, 4.69) is 5.16 Å². The summed E-state index contributed by atoms with van der Waals surface area (Å²) in [5.74, 6) is 1.47. The number of rotatable bonds is 5. The van der Waals surface area contributed by atoms with Gasteiger partial charge >= 0.3 is 0 Å². The second-order valence-electron chi connectivity index (χ2n) is 3.79. The van der Waals surface area contributed by atoms with Gasteiger partial charge in [-0.1, -0.05) is 5.16 Å². The molecule has 0 aliphatic rings. The van der Waals surface area contributed by atoms with Crippen LogP contribution >= 0.6 is 0 Å². The zero-order valence-electron chi connectivity index (χ0n) is 10.5. The lowest BCUT2D eigenvalue weighted by Crippen LogP contribution is -2.03. The van der Waals surface area contributed by atoms with E-state index in [4.69, 9.17) is 19.7 Å². The van der Waals surface area contributed by atoms with E-state index >= 15 is 0 Å². The number of nitrogens with zero attached hydrogens (tertiary/aromatic N) is 1. The molecule has 0 atom stereocenters. The van der Waals surface area contributed by atoms with Crippen LogP contribution in [0.3, 0.4) is 0 Å². The van der Waals surface area contributed by atoms with Crippen LogP contribution in [0.15, 0.2) is 29.0 Å². The van der Waals surface area contributed by atoms with Crippen molar-refractivity contribution in [2.24, 2.45) is 5.73 Å². The standard InChI is InChI=1S/C13H16N2O3/c1-16-10-3-4-12(17-2)11(7-10)13-9(5-6-14)8-18-15-13/h3-4,7-8H,5-6,14H2,1-2H3. The molecule has 0 spiro atoms. The molecule has 0 radical (unpaired) electrons. The summed E-state index contributed by atoms with van der Waals surface area (Å²) >= 11 is 0. The Balaban J connectivity index is 2.50. The van der Waals surface area contributed by atoms with E-state index in [0.717, 1.165) is 28.3 Å². The van der Waals surface area contributed by atoms with Crippen molar-refractivity contribution >= 4 is 0 Å². The predicted molar refractivity (Wildman–Crippen MR) is 67.8 cm³/mol. The van der Waals surface area contributed by atoms with Gasteiger partial charge in [-0.2, -0.15) is 0 Å². The van der Waals surface area contributed by atoms with E-state index in [1.54, 1.807) is 20.5 Å². The summed E-state index contributed by atoms with van der Waals surface area (Å²) in [5.41, 5.74) is 8.12. The number of methoxy groups -OCH3 is 2. The highest BCUT2D eigenvalue weighted by atomic mass is 16.5. The normalized spacial score (nSPS) is 10.4. The Bertz CT molecular complexity index is 523. The molecule has 0 fully saturated rings. The van der Waals surface area contributed by atoms with Crippen LogP contribution in [0.4, 0.5) is 0 Å². The maximum atomic E-state index is 5.57. The number of aromatic nitrogens is 1. The van der Waals surface area contributed by atoms with Gasteiger partial charge in [0.25, 0.3) is 0 Å². The molecule has 0 amide bonds. The SMILES string of the molecule is COc1ccc(OC)c(-c2nocc2CCN)c1. The van der Waals surface area contributed by atoms with Crippen molar-refractivity contribution in [3.05, 3.63) is 30.0 Å². The third-order valence-corrected chi connectivity index (χ3v) is 2.72. The highest BCUT2D eigenvalue weighted by Crippen LogP contribution is 2.34. The van der Waals surface area contributed by atoms with Crippen molar-refractivity contribution in [1.82, 2.24) is 5.16 Å². The Hall–Kier alpha value is -2.01. The Morgan fingerprint density at radius 3 is 2.78 bits per heavy atom. The van der Waals surface area contributed by atoms with E-state index in [-0.39, 0.29) is 0 Å². The Kier molecular flexibility index (Phi) is 3.84. The van der Waals surface area contributed by atoms with Gasteiger partial charge in [-0.15, -0.1) is 0 Å². The van der Waals surface area contributed by atoms with Gasteiger partial charge in [-0.25, -0.2) is 0 Å². The second-order valence-corrected chi connectivity index (χ2v) is 3.79. The number of hydrogen-bond donors (Lipinski definition) is 1. The first-order valence-electron chi connectivity index (χ1n) is 5.66. The van der Waals surface area contributed by atoms with Crippen LogP contribution in [-0.4, -0.2) is 25.9 Å². The molecule has 0 saturated heterocycles. The molecule has 0 saturated carbocycles. The molecule has 1 aromatic carbocycles. The number of hydrogen-bond acceptors (Lipinski definition) is 5. The molecule has 0 aliphatic heterocycles. The molecule has 0 aliphatic carbocycles. The Morgan fingerprint density at radius 1 is 1.28 bits per heavy atom. The molecule has 2 rings (SSSR count). The van der Waals surface area contributed by atoms with Gasteiger partial charge < -0.3 is 19.7 Å². The second kappa shape index (κ2) is 5.55. The fourth-order valence-electron chi connectivity index (χ4n) is 1.81. The molecule has 0 bridgehead atoms. The third-order valence-electron chi connectivity index (χ3n) is 2.72. The number of ether oxygens (including phenoxy) is 2. The summed E-state index contributed by atoms with van der Waals surface area (Å²) in [5, 5.41) is 4.02. The van der Waals surface area contributed by atoms with Crippen molar-refractivity contribution in [3.63, 3.8) is 0 Å². The van der Waals surface area contributed by atoms with Crippen LogP contribution in [0.1, 0.15) is 5.56 Å². The van der Waals surface area contributed by atoms with E-state index in [0.29, 0.717) is 13.0 Å².